The standard InChI is InChI=1S/C55H69N13O6/c1-35(2)52(55(72)67-34-44(69)30-48(67)54(71)59-36(3)38-11-13-40(14-12-38)66-21-19-57-37(66)4)50-28-39(62-74-50)8-7-20-63-22-24-64(25-23-63)26-27-73-51-29-41(17-18-58-51)68-42-15-16-43(68)33-65(32-42)47-31-46(60-61-53(47)56)45-9-5-6-10-49(45)70/h5-6,9-14,17-19,21,28-29,31,35-36,42-44,48,52,69-70H,7-8,15-16,20,22-27,30,32-34H2,1-4H3,(H2,56,61)(H,59,71)/t36-,42?,43?,44+,48-,52+/m0/s1. The molecule has 0 spiro atoms. The zero-order chi connectivity index (χ0) is 51.5. The highest BCUT2D eigenvalue weighted by Gasteiger charge is 2.44. The number of para-hydroxylation sites is 1. The van der Waals surface area contributed by atoms with Crippen molar-refractivity contribution in [1.82, 2.24) is 49.9 Å². The fraction of sp³-hybridized carbons (Fsp3) is 0.473. The van der Waals surface area contributed by atoms with Gasteiger partial charge in [0.15, 0.2) is 5.82 Å². The molecule has 19 nitrogen and oxygen atoms in total. The summed E-state index contributed by atoms with van der Waals surface area (Å²) in [5.41, 5.74) is 12.3. The monoisotopic (exact) mass is 1010 g/mol. The van der Waals surface area contributed by atoms with E-state index in [1.54, 1.807) is 18.3 Å². The molecule has 6 aromatic rings. The van der Waals surface area contributed by atoms with Crippen LogP contribution in [0, 0.1) is 12.8 Å². The number of β-amino-alcohol motifs (C(OH)–C–C–N with tert-alkyl or cyclic N) is 1. The number of rotatable bonds is 18. The second kappa shape index (κ2) is 22.2. The lowest BCUT2D eigenvalue weighted by Gasteiger charge is -2.43. The minimum Gasteiger partial charge on any atom is -0.507 e. The van der Waals surface area contributed by atoms with Crippen molar-refractivity contribution >= 4 is 29.0 Å². The maximum Gasteiger partial charge on any atom is 0.243 e. The van der Waals surface area contributed by atoms with E-state index in [2.05, 4.69) is 62.4 Å². The summed E-state index contributed by atoms with van der Waals surface area (Å²) >= 11 is 0. The quantitative estimate of drug-likeness (QED) is 0.0850. The molecule has 10 rings (SSSR count). The number of carbonyl (C=O) groups excluding carboxylic acids is 2. The molecule has 6 atom stereocenters. The predicted molar refractivity (Wildman–Crippen MR) is 281 cm³/mol. The van der Waals surface area contributed by atoms with Crippen LogP contribution in [0.3, 0.4) is 0 Å². The van der Waals surface area contributed by atoms with Gasteiger partial charge in [-0.2, -0.15) is 0 Å². The van der Waals surface area contributed by atoms with Crippen LogP contribution in [0.25, 0.3) is 16.9 Å². The van der Waals surface area contributed by atoms with E-state index in [1.807, 2.05) is 93.2 Å². The SMILES string of the molecule is Cc1nccn1-c1ccc([C@H](C)NC(=O)[C@@H]2C[C@@H](O)CN2C(=O)[C@@H](c2cc(CCCN3CCN(CCOc4cc(N5C6CCC5CN(c5cc(-c7ccccc7O)nnc5N)C6)ccn4)CC3)no2)C(C)C)cc1. The van der Waals surface area contributed by atoms with Crippen molar-refractivity contribution in [3.63, 3.8) is 0 Å². The van der Waals surface area contributed by atoms with E-state index >= 15 is 0 Å². The lowest BCUT2D eigenvalue weighted by atomic mass is 9.91. The molecular weight excluding hydrogens is 939 g/mol. The number of likely N-dealkylation sites (tertiary alicyclic amines) is 1. The summed E-state index contributed by atoms with van der Waals surface area (Å²) in [5, 5.41) is 37.2. The summed E-state index contributed by atoms with van der Waals surface area (Å²) in [4.78, 5) is 48.2. The number of phenolic OH excluding ortho intramolecular Hbond substituents is 1. The summed E-state index contributed by atoms with van der Waals surface area (Å²) in [7, 11) is 0. The fourth-order valence-electron chi connectivity index (χ4n) is 11.4. The van der Waals surface area contributed by atoms with E-state index in [9.17, 15) is 19.8 Å². The summed E-state index contributed by atoms with van der Waals surface area (Å²) in [6.45, 7) is 15.6. The van der Waals surface area contributed by atoms with Crippen LogP contribution in [0.1, 0.15) is 81.3 Å². The van der Waals surface area contributed by atoms with E-state index < -0.39 is 18.1 Å². The van der Waals surface area contributed by atoms with Crippen molar-refractivity contribution < 1.29 is 29.1 Å². The van der Waals surface area contributed by atoms with E-state index in [-0.39, 0.29) is 42.5 Å². The van der Waals surface area contributed by atoms with Crippen molar-refractivity contribution in [3.05, 3.63) is 114 Å². The number of ether oxygens (including phenoxy) is 1. The zero-order valence-electron chi connectivity index (χ0n) is 42.8. The molecular formula is C55H69N13O6. The van der Waals surface area contributed by atoms with Crippen LogP contribution in [0.2, 0.25) is 0 Å². The third-order valence-electron chi connectivity index (χ3n) is 15.4. The second-order valence-electron chi connectivity index (χ2n) is 20.7. The first-order chi connectivity index (χ1) is 35.9. The Labute approximate surface area is 432 Å². The molecule has 4 aliphatic heterocycles. The largest absolute Gasteiger partial charge is 0.507 e. The minimum absolute atomic E-state index is 0.0792. The molecule has 0 aliphatic carbocycles. The average molecular weight is 1010 g/mol. The Kier molecular flexibility index (Phi) is 15.1. The van der Waals surface area contributed by atoms with Crippen molar-refractivity contribution in [1.29, 1.82) is 0 Å². The number of amides is 2. The Hall–Kier alpha value is -7.09. The maximum atomic E-state index is 14.3. The topological polar surface area (TPSA) is 221 Å². The molecule has 2 bridgehead atoms. The normalized spacial score (nSPS) is 21.1. The lowest BCUT2D eigenvalue weighted by molar-refractivity contribution is -0.141. The molecule has 5 N–H and O–H groups in total. The number of carbonyl (C=O) groups is 2. The molecule has 4 fully saturated rings. The molecule has 19 heteroatoms. The number of aromatic nitrogens is 6. The Morgan fingerprint density at radius 3 is 2.34 bits per heavy atom. The third kappa shape index (κ3) is 11.0. The van der Waals surface area contributed by atoms with Crippen LogP contribution < -0.4 is 25.6 Å². The fourth-order valence-corrected chi connectivity index (χ4v) is 11.4. The predicted octanol–water partition coefficient (Wildman–Crippen LogP) is 5.37. The molecule has 2 aromatic carbocycles. The first-order valence-electron chi connectivity index (χ1n) is 26.2. The minimum atomic E-state index is -0.806. The number of aliphatic hydroxyl groups excluding tert-OH is 1. The molecule has 4 aliphatic rings. The van der Waals surface area contributed by atoms with E-state index in [4.69, 9.17) is 15.0 Å². The number of phenols is 1. The van der Waals surface area contributed by atoms with Gasteiger partial charge in [-0.25, -0.2) is 9.97 Å². The van der Waals surface area contributed by atoms with Gasteiger partial charge in [-0.15, -0.1) is 10.2 Å². The van der Waals surface area contributed by atoms with Gasteiger partial charge < -0.3 is 54.7 Å². The van der Waals surface area contributed by atoms with Gasteiger partial charge in [0.2, 0.25) is 17.7 Å². The number of nitrogens with zero attached hydrogens (tertiary/aromatic N) is 11. The van der Waals surface area contributed by atoms with Crippen molar-refractivity contribution in [3.8, 4) is 28.6 Å². The Bertz CT molecular complexity index is 2870. The van der Waals surface area contributed by atoms with Gasteiger partial charge in [0.05, 0.1) is 29.2 Å². The van der Waals surface area contributed by atoms with E-state index in [1.165, 1.54) is 4.90 Å². The summed E-state index contributed by atoms with van der Waals surface area (Å²) in [6.07, 6.45) is 8.62. The summed E-state index contributed by atoms with van der Waals surface area (Å²) in [6, 6.07) is 22.5. The van der Waals surface area contributed by atoms with Gasteiger partial charge in [0.1, 0.15) is 35.9 Å². The first kappa shape index (κ1) is 50.4. The number of aliphatic hydroxyl groups is 1. The number of hydrogen-bond acceptors (Lipinski definition) is 16. The lowest BCUT2D eigenvalue weighted by Crippen LogP contribution is -2.54. The van der Waals surface area contributed by atoms with Crippen LogP contribution in [0.5, 0.6) is 11.6 Å². The third-order valence-corrected chi connectivity index (χ3v) is 15.4. The zero-order valence-corrected chi connectivity index (χ0v) is 42.8. The number of aromatic hydroxyl groups is 1. The molecule has 2 unspecified atom stereocenters. The number of nitrogens with one attached hydrogen (secondary N) is 1. The number of hydrogen-bond donors (Lipinski definition) is 4. The van der Waals surface area contributed by atoms with Crippen LogP contribution >= 0.6 is 0 Å². The molecule has 4 aromatic heterocycles. The van der Waals surface area contributed by atoms with Crippen LogP contribution in [-0.2, 0) is 16.0 Å². The smallest absolute Gasteiger partial charge is 0.243 e. The number of anilines is 3. The molecule has 0 radical (unpaired) electrons. The molecule has 0 saturated carbocycles. The van der Waals surface area contributed by atoms with E-state index in [0.717, 1.165) is 106 Å². The molecule has 8 heterocycles. The Morgan fingerprint density at radius 2 is 1.62 bits per heavy atom. The number of imidazole rings is 1. The van der Waals surface area contributed by atoms with Gasteiger partial charge in [-0.1, -0.05) is 43.3 Å². The Morgan fingerprint density at radius 1 is 0.878 bits per heavy atom. The van der Waals surface area contributed by atoms with Crippen molar-refractivity contribution in [2.75, 3.05) is 81.0 Å². The number of piperazine rings is 2. The van der Waals surface area contributed by atoms with Gasteiger partial charge in [0, 0.05) is 119 Å². The van der Waals surface area contributed by atoms with Crippen LogP contribution in [-0.4, -0.2) is 156 Å². The summed E-state index contributed by atoms with van der Waals surface area (Å²) < 4.78 is 14.1. The number of nitrogen functional groups attached to an aromatic ring is 1. The first-order valence-corrected chi connectivity index (χ1v) is 26.2. The Balaban J connectivity index is 0.655. The highest BCUT2D eigenvalue weighted by molar-refractivity contribution is 5.91. The molecule has 2 amide bonds. The van der Waals surface area contributed by atoms with Gasteiger partial charge in [-0.3, -0.25) is 14.5 Å². The number of pyridine rings is 1. The maximum absolute atomic E-state index is 14.3. The molecule has 74 heavy (non-hydrogen) atoms. The van der Waals surface area contributed by atoms with Gasteiger partial charge >= 0.3 is 0 Å². The van der Waals surface area contributed by atoms with Crippen molar-refractivity contribution in [2.45, 2.75) is 96.0 Å². The van der Waals surface area contributed by atoms with Crippen LogP contribution in [0.4, 0.5) is 17.2 Å². The number of nitrogens with two attached hydrogens (primary N) is 1. The number of aryl methyl sites for hydroxylation is 2. The average Bonchev–Trinajstić information content (AvgIpc) is 4.20. The number of benzene rings is 2. The van der Waals surface area contributed by atoms with E-state index in [0.29, 0.717) is 53.8 Å². The second-order valence-corrected chi connectivity index (χ2v) is 20.7. The van der Waals surface area contributed by atoms with Gasteiger partial charge in [0.25, 0.3) is 0 Å². The highest BCUT2D eigenvalue weighted by atomic mass is 16.5. The van der Waals surface area contributed by atoms with Crippen LogP contribution in [0.15, 0.2) is 95.9 Å². The van der Waals surface area contributed by atoms with Gasteiger partial charge in [-0.05, 0) is 94.0 Å². The molecule has 4 saturated heterocycles. The number of fused-ring (bicyclic) bond motifs is 2. The van der Waals surface area contributed by atoms with Crippen molar-refractivity contribution in [2.24, 2.45) is 5.92 Å². The highest BCUT2D eigenvalue weighted by Crippen LogP contribution is 2.40. The molecule has 390 valence electrons. The summed E-state index contributed by atoms with van der Waals surface area (Å²) in [5.74, 6) is 1.23.